The van der Waals surface area contributed by atoms with Crippen LogP contribution in [0, 0.1) is 0 Å². The summed E-state index contributed by atoms with van der Waals surface area (Å²) in [6.45, 7) is 3.25. The van der Waals surface area contributed by atoms with Gasteiger partial charge in [-0.3, -0.25) is 0 Å². The molecular formula is C14H28N2O2S. The molecule has 0 radical (unpaired) electrons. The Balaban J connectivity index is 1.75. The van der Waals surface area contributed by atoms with Gasteiger partial charge in [-0.2, -0.15) is 0 Å². The zero-order valence-corrected chi connectivity index (χ0v) is 12.8. The molecule has 0 atom stereocenters. The van der Waals surface area contributed by atoms with E-state index in [0.29, 0.717) is 6.04 Å². The molecule has 2 fully saturated rings. The zero-order valence-electron chi connectivity index (χ0n) is 12.0. The number of hydrogen-bond donors (Lipinski definition) is 2. The summed E-state index contributed by atoms with van der Waals surface area (Å²) >= 11 is 0. The van der Waals surface area contributed by atoms with Crippen LogP contribution in [0.2, 0.25) is 0 Å². The lowest BCUT2D eigenvalue weighted by atomic mass is 9.92. The van der Waals surface area contributed by atoms with Crippen LogP contribution in [0.25, 0.3) is 0 Å². The van der Waals surface area contributed by atoms with Gasteiger partial charge in [-0.05, 0) is 51.5 Å². The summed E-state index contributed by atoms with van der Waals surface area (Å²) in [5, 5.41) is 3.41. The van der Waals surface area contributed by atoms with Crippen molar-refractivity contribution < 1.29 is 8.42 Å². The quantitative estimate of drug-likeness (QED) is 0.787. The first-order valence-electron chi connectivity index (χ1n) is 7.86. The van der Waals surface area contributed by atoms with Crippen molar-refractivity contribution in [3.63, 3.8) is 0 Å². The fourth-order valence-electron chi connectivity index (χ4n) is 3.29. The lowest BCUT2D eigenvalue weighted by molar-refractivity contribution is 0.329. The number of hydrogen-bond acceptors (Lipinski definition) is 3. The van der Waals surface area contributed by atoms with E-state index < -0.39 is 10.0 Å². The van der Waals surface area contributed by atoms with Crippen LogP contribution in [0.3, 0.4) is 0 Å². The molecular weight excluding hydrogens is 260 g/mol. The average molecular weight is 288 g/mol. The van der Waals surface area contributed by atoms with Crippen LogP contribution in [0.15, 0.2) is 0 Å². The standard InChI is InChI=1S/C14H28N2O2S/c1-2-11-15-12-7-9-13(10-8-12)16-19(17,18)14-5-3-4-6-14/h12-16H,2-11H2,1H3. The van der Waals surface area contributed by atoms with E-state index in [1.807, 2.05) is 0 Å². The number of nitrogens with one attached hydrogen (secondary N) is 2. The minimum atomic E-state index is -3.06. The number of sulfonamides is 1. The second kappa shape index (κ2) is 7.04. The molecule has 2 aliphatic carbocycles. The van der Waals surface area contributed by atoms with E-state index in [1.54, 1.807) is 0 Å². The van der Waals surface area contributed by atoms with E-state index in [4.69, 9.17) is 0 Å². The van der Waals surface area contributed by atoms with E-state index in [2.05, 4.69) is 17.0 Å². The van der Waals surface area contributed by atoms with Crippen molar-refractivity contribution in [2.45, 2.75) is 82.0 Å². The molecule has 4 nitrogen and oxygen atoms in total. The van der Waals surface area contributed by atoms with Gasteiger partial charge in [0.25, 0.3) is 0 Å². The molecule has 0 unspecified atom stereocenters. The Morgan fingerprint density at radius 2 is 1.53 bits per heavy atom. The third-order valence-electron chi connectivity index (χ3n) is 4.48. The summed E-state index contributed by atoms with van der Waals surface area (Å²) in [7, 11) is -3.06. The van der Waals surface area contributed by atoms with Crippen LogP contribution in [-0.4, -0.2) is 32.3 Å². The van der Waals surface area contributed by atoms with Gasteiger partial charge in [-0.1, -0.05) is 19.8 Å². The molecule has 19 heavy (non-hydrogen) atoms. The van der Waals surface area contributed by atoms with Gasteiger partial charge in [-0.25, -0.2) is 13.1 Å². The number of rotatable bonds is 6. The van der Waals surface area contributed by atoms with Gasteiger partial charge in [-0.15, -0.1) is 0 Å². The van der Waals surface area contributed by atoms with E-state index >= 15 is 0 Å². The maximum absolute atomic E-state index is 12.2. The third-order valence-corrected chi connectivity index (χ3v) is 6.49. The summed E-state index contributed by atoms with van der Waals surface area (Å²) in [5.41, 5.74) is 0. The highest BCUT2D eigenvalue weighted by Crippen LogP contribution is 2.26. The fraction of sp³-hybridized carbons (Fsp3) is 1.00. The smallest absolute Gasteiger partial charge is 0.214 e. The second-order valence-corrected chi connectivity index (χ2v) is 8.06. The van der Waals surface area contributed by atoms with Crippen LogP contribution in [0.5, 0.6) is 0 Å². The summed E-state index contributed by atoms with van der Waals surface area (Å²) < 4.78 is 27.4. The molecule has 2 N–H and O–H groups in total. The average Bonchev–Trinajstić information content (AvgIpc) is 2.92. The first-order valence-corrected chi connectivity index (χ1v) is 9.41. The minimum Gasteiger partial charge on any atom is -0.314 e. The van der Waals surface area contributed by atoms with Crippen molar-refractivity contribution in [1.82, 2.24) is 10.0 Å². The summed E-state index contributed by atoms with van der Waals surface area (Å²) in [6.07, 6.45) is 9.15. The second-order valence-electron chi connectivity index (χ2n) is 6.07. The summed E-state index contributed by atoms with van der Waals surface area (Å²) in [5.74, 6) is 0. The van der Waals surface area contributed by atoms with E-state index in [1.165, 1.54) is 0 Å². The first-order chi connectivity index (χ1) is 9.12. The lowest BCUT2D eigenvalue weighted by Gasteiger charge is -2.30. The Morgan fingerprint density at radius 1 is 0.947 bits per heavy atom. The van der Waals surface area contributed by atoms with Gasteiger partial charge in [0.05, 0.1) is 5.25 Å². The van der Waals surface area contributed by atoms with Gasteiger partial charge >= 0.3 is 0 Å². The normalized spacial score (nSPS) is 29.7. The van der Waals surface area contributed by atoms with Crippen molar-refractivity contribution in [2.24, 2.45) is 0 Å². The molecule has 0 aromatic rings. The van der Waals surface area contributed by atoms with Gasteiger partial charge in [0.15, 0.2) is 0 Å². The van der Waals surface area contributed by atoms with Crippen molar-refractivity contribution >= 4 is 10.0 Å². The monoisotopic (exact) mass is 288 g/mol. The van der Waals surface area contributed by atoms with Crippen LogP contribution in [-0.2, 0) is 10.0 Å². The maximum Gasteiger partial charge on any atom is 0.214 e. The minimum absolute atomic E-state index is 0.122. The third kappa shape index (κ3) is 4.43. The van der Waals surface area contributed by atoms with E-state index in [0.717, 1.165) is 64.3 Å². The van der Waals surface area contributed by atoms with Crippen molar-refractivity contribution in [3.8, 4) is 0 Å². The molecule has 2 aliphatic rings. The molecule has 0 aromatic carbocycles. The largest absolute Gasteiger partial charge is 0.314 e. The Hall–Kier alpha value is -0.130. The summed E-state index contributed by atoms with van der Waals surface area (Å²) in [6, 6.07) is 0.762. The zero-order chi connectivity index (χ0) is 13.7. The molecule has 0 saturated heterocycles. The highest BCUT2D eigenvalue weighted by molar-refractivity contribution is 7.90. The first kappa shape index (κ1) is 15.3. The Morgan fingerprint density at radius 3 is 2.11 bits per heavy atom. The molecule has 0 spiro atoms. The molecule has 0 heterocycles. The molecule has 0 bridgehead atoms. The highest BCUT2D eigenvalue weighted by atomic mass is 32.2. The molecule has 0 aliphatic heterocycles. The molecule has 112 valence electrons. The topological polar surface area (TPSA) is 58.2 Å². The predicted octanol–water partition coefficient (Wildman–Crippen LogP) is 2.16. The van der Waals surface area contributed by atoms with E-state index in [-0.39, 0.29) is 11.3 Å². The summed E-state index contributed by atoms with van der Waals surface area (Å²) in [4.78, 5) is 0. The Bertz CT molecular complexity index is 356. The Labute approximate surface area is 117 Å². The molecule has 2 saturated carbocycles. The Kier molecular flexibility index (Phi) is 5.66. The van der Waals surface area contributed by atoms with Gasteiger partial charge in [0, 0.05) is 12.1 Å². The molecule has 2 rings (SSSR count). The van der Waals surface area contributed by atoms with Crippen molar-refractivity contribution in [2.75, 3.05) is 6.54 Å². The molecule has 5 heteroatoms. The predicted molar refractivity (Wildman–Crippen MR) is 78.6 cm³/mol. The van der Waals surface area contributed by atoms with Crippen molar-refractivity contribution in [3.05, 3.63) is 0 Å². The maximum atomic E-state index is 12.2. The van der Waals surface area contributed by atoms with Crippen LogP contribution >= 0.6 is 0 Å². The van der Waals surface area contributed by atoms with Gasteiger partial charge in [0.2, 0.25) is 10.0 Å². The lowest BCUT2D eigenvalue weighted by Crippen LogP contribution is -2.44. The highest BCUT2D eigenvalue weighted by Gasteiger charge is 2.31. The fourth-order valence-corrected chi connectivity index (χ4v) is 5.14. The van der Waals surface area contributed by atoms with Crippen LogP contribution in [0.1, 0.15) is 64.7 Å². The molecule has 0 amide bonds. The van der Waals surface area contributed by atoms with Crippen LogP contribution in [0.4, 0.5) is 0 Å². The van der Waals surface area contributed by atoms with Gasteiger partial charge < -0.3 is 5.32 Å². The molecule has 0 aromatic heterocycles. The van der Waals surface area contributed by atoms with Crippen LogP contribution < -0.4 is 10.0 Å². The van der Waals surface area contributed by atoms with E-state index in [9.17, 15) is 8.42 Å². The SMILES string of the molecule is CCCNC1CCC(NS(=O)(=O)C2CCCC2)CC1. The van der Waals surface area contributed by atoms with Gasteiger partial charge in [0.1, 0.15) is 0 Å². The van der Waals surface area contributed by atoms with Crippen molar-refractivity contribution in [1.29, 1.82) is 0 Å².